The van der Waals surface area contributed by atoms with Crippen LogP contribution in [0.15, 0.2) is 29.2 Å². The molecule has 0 heterocycles. The maximum atomic E-state index is 13.2. The molecule has 0 aliphatic rings. The molecule has 0 atom stereocenters. The van der Waals surface area contributed by atoms with Crippen molar-refractivity contribution in [3.05, 3.63) is 36.0 Å². The highest BCUT2D eigenvalue weighted by atomic mass is 32.2. The van der Waals surface area contributed by atoms with Crippen molar-refractivity contribution >= 4 is 10.0 Å². The average molecular weight is 230 g/mol. The maximum Gasteiger partial charge on any atom is 0.243 e. The Morgan fingerprint density at radius 1 is 1.33 bits per heavy atom. The smallest absolute Gasteiger partial charge is 0.211 e. The lowest BCUT2D eigenvalue weighted by atomic mass is 10.2. The SMILES string of the molecule is C[C](C)CNS(=O)(=O)c1ccccc1F. The first-order valence-corrected chi connectivity index (χ1v) is 5.95. The van der Waals surface area contributed by atoms with Crippen molar-refractivity contribution in [1.82, 2.24) is 4.72 Å². The summed E-state index contributed by atoms with van der Waals surface area (Å²) in [5, 5.41) is 0. The van der Waals surface area contributed by atoms with Gasteiger partial charge in [-0.05, 0) is 18.1 Å². The largest absolute Gasteiger partial charge is 0.243 e. The molecule has 0 aliphatic carbocycles. The third-order valence-corrected chi connectivity index (χ3v) is 3.18. The molecule has 0 saturated heterocycles. The minimum atomic E-state index is -3.73. The Morgan fingerprint density at radius 3 is 2.47 bits per heavy atom. The van der Waals surface area contributed by atoms with Crippen molar-refractivity contribution < 1.29 is 12.8 Å². The summed E-state index contributed by atoms with van der Waals surface area (Å²) in [4.78, 5) is -0.314. The van der Waals surface area contributed by atoms with Gasteiger partial charge in [0.05, 0.1) is 0 Å². The third kappa shape index (κ3) is 3.28. The second-order valence-corrected chi connectivity index (χ2v) is 5.20. The fraction of sp³-hybridized carbons (Fsp3) is 0.300. The number of hydrogen-bond acceptors (Lipinski definition) is 2. The quantitative estimate of drug-likeness (QED) is 0.856. The normalized spacial score (nSPS) is 12.0. The van der Waals surface area contributed by atoms with E-state index in [9.17, 15) is 12.8 Å². The van der Waals surface area contributed by atoms with Gasteiger partial charge in [-0.1, -0.05) is 26.0 Å². The van der Waals surface area contributed by atoms with Crippen molar-refractivity contribution in [2.75, 3.05) is 6.54 Å². The molecule has 0 aromatic heterocycles. The van der Waals surface area contributed by atoms with Crippen molar-refractivity contribution in [2.24, 2.45) is 0 Å². The lowest BCUT2D eigenvalue weighted by Gasteiger charge is -2.08. The first-order valence-electron chi connectivity index (χ1n) is 4.47. The van der Waals surface area contributed by atoms with Crippen LogP contribution in [0.1, 0.15) is 13.8 Å². The standard InChI is InChI=1S/C10H13FNO2S/c1-8(2)7-12-15(13,14)10-6-4-3-5-9(10)11/h3-6,12H,7H2,1-2H3. The molecule has 0 spiro atoms. The molecule has 5 heteroatoms. The second-order valence-electron chi connectivity index (χ2n) is 3.46. The Labute approximate surface area is 89.4 Å². The molecular weight excluding hydrogens is 217 g/mol. The van der Waals surface area contributed by atoms with Crippen LogP contribution in [0.5, 0.6) is 0 Å². The Morgan fingerprint density at radius 2 is 1.93 bits per heavy atom. The summed E-state index contributed by atoms with van der Waals surface area (Å²) in [5.74, 6) is 0.175. The van der Waals surface area contributed by atoms with Crippen LogP contribution in [0.25, 0.3) is 0 Å². The number of halogens is 1. The maximum absolute atomic E-state index is 13.2. The molecule has 0 amide bonds. The van der Waals surface area contributed by atoms with E-state index in [1.807, 2.05) is 0 Å². The van der Waals surface area contributed by atoms with Gasteiger partial charge in [-0.3, -0.25) is 0 Å². The van der Waals surface area contributed by atoms with Crippen LogP contribution < -0.4 is 4.72 Å². The van der Waals surface area contributed by atoms with E-state index in [-0.39, 0.29) is 11.4 Å². The minimum absolute atomic E-state index is 0.219. The first kappa shape index (κ1) is 12.1. The fourth-order valence-corrected chi connectivity index (χ4v) is 2.20. The summed E-state index contributed by atoms with van der Waals surface area (Å²) in [6, 6.07) is 5.30. The molecule has 0 aliphatic heterocycles. The van der Waals surface area contributed by atoms with Crippen molar-refractivity contribution in [3.8, 4) is 0 Å². The predicted molar refractivity (Wildman–Crippen MR) is 56.2 cm³/mol. The molecular formula is C10H13FNO2S. The second kappa shape index (κ2) is 4.72. The van der Waals surface area contributed by atoms with Gasteiger partial charge in [-0.25, -0.2) is 17.5 Å². The van der Waals surface area contributed by atoms with Crippen LogP contribution >= 0.6 is 0 Å². The summed E-state index contributed by atoms with van der Waals surface area (Å²) < 4.78 is 38.7. The third-order valence-electron chi connectivity index (χ3n) is 1.74. The van der Waals surface area contributed by atoms with Gasteiger partial charge < -0.3 is 0 Å². The molecule has 1 aromatic carbocycles. The van der Waals surface area contributed by atoms with E-state index in [4.69, 9.17) is 0 Å². The van der Waals surface area contributed by atoms with Crippen LogP contribution in [0.4, 0.5) is 4.39 Å². The van der Waals surface area contributed by atoms with Gasteiger partial charge in [0.1, 0.15) is 10.7 Å². The van der Waals surface area contributed by atoms with Crippen molar-refractivity contribution in [2.45, 2.75) is 18.7 Å². The molecule has 0 unspecified atom stereocenters. The monoisotopic (exact) mass is 230 g/mol. The van der Waals surface area contributed by atoms with Gasteiger partial charge >= 0.3 is 0 Å². The van der Waals surface area contributed by atoms with E-state index >= 15 is 0 Å². The van der Waals surface area contributed by atoms with Gasteiger partial charge in [0.25, 0.3) is 0 Å². The highest BCUT2D eigenvalue weighted by molar-refractivity contribution is 7.89. The van der Waals surface area contributed by atoms with Crippen LogP contribution in [-0.4, -0.2) is 15.0 Å². The molecule has 0 saturated carbocycles. The van der Waals surface area contributed by atoms with Crippen LogP contribution in [0.2, 0.25) is 0 Å². The van der Waals surface area contributed by atoms with E-state index in [2.05, 4.69) is 4.72 Å². The zero-order valence-electron chi connectivity index (χ0n) is 8.62. The van der Waals surface area contributed by atoms with Gasteiger partial charge in [0, 0.05) is 6.54 Å². The molecule has 1 N–H and O–H groups in total. The molecule has 1 rings (SSSR count). The Balaban J connectivity index is 2.92. The number of benzene rings is 1. The first-order chi connectivity index (χ1) is 6.93. The molecule has 0 bridgehead atoms. The Kier molecular flexibility index (Phi) is 3.82. The molecule has 1 aromatic rings. The molecule has 0 fully saturated rings. The number of hydrogen-bond donors (Lipinski definition) is 1. The zero-order valence-corrected chi connectivity index (χ0v) is 9.44. The molecule has 1 radical (unpaired) electrons. The summed E-state index contributed by atoms with van der Waals surface area (Å²) >= 11 is 0. The van der Waals surface area contributed by atoms with E-state index in [1.54, 1.807) is 13.8 Å². The van der Waals surface area contributed by atoms with Gasteiger partial charge in [0.15, 0.2) is 0 Å². The zero-order chi connectivity index (χ0) is 11.5. The van der Waals surface area contributed by atoms with Crippen LogP contribution in [0.3, 0.4) is 0 Å². The van der Waals surface area contributed by atoms with Crippen LogP contribution in [0, 0.1) is 11.7 Å². The fourth-order valence-electron chi connectivity index (χ4n) is 0.980. The Bertz CT molecular complexity index is 429. The number of nitrogens with one attached hydrogen (secondary N) is 1. The van der Waals surface area contributed by atoms with E-state index in [0.717, 1.165) is 12.0 Å². The summed E-state index contributed by atoms with van der Waals surface area (Å²) in [6.07, 6.45) is 0. The van der Waals surface area contributed by atoms with Gasteiger partial charge in [-0.2, -0.15) is 0 Å². The van der Waals surface area contributed by atoms with Crippen molar-refractivity contribution in [3.63, 3.8) is 0 Å². The topological polar surface area (TPSA) is 46.2 Å². The molecule has 3 nitrogen and oxygen atoms in total. The predicted octanol–water partition coefficient (Wildman–Crippen LogP) is 1.72. The summed E-state index contributed by atoms with van der Waals surface area (Å²) in [6.45, 7) is 3.81. The number of sulfonamides is 1. The van der Waals surface area contributed by atoms with E-state index < -0.39 is 15.8 Å². The Hall–Kier alpha value is -0.940. The molecule has 83 valence electrons. The van der Waals surface area contributed by atoms with Crippen LogP contribution in [-0.2, 0) is 10.0 Å². The van der Waals surface area contributed by atoms with Crippen molar-refractivity contribution in [1.29, 1.82) is 0 Å². The summed E-state index contributed by atoms with van der Waals surface area (Å²) in [7, 11) is -3.73. The number of rotatable bonds is 4. The lowest BCUT2D eigenvalue weighted by Crippen LogP contribution is -2.27. The highest BCUT2D eigenvalue weighted by Gasteiger charge is 2.17. The lowest BCUT2D eigenvalue weighted by molar-refractivity contribution is 0.557. The van der Waals surface area contributed by atoms with Gasteiger partial charge in [-0.15, -0.1) is 0 Å². The summed E-state index contributed by atoms with van der Waals surface area (Å²) in [5.41, 5.74) is 0. The van der Waals surface area contributed by atoms with Gasteiger partial charge in [0.2, 0.25) is 10.0 Å². The van der Waals surface area contributed by atoms with E-state index in [0.29, 0.717) is 0 Å². The molecule has 15 heavy (non-hydrogen) atoms. The minimum Gasteiger partial charge on any atom is -0.211 e. The average Bonchev–Trinajstić information content (AvgIpc) is 2.15. The van der Waals surface area contributed by atoms with E-state index in [1.165, 1.54) is 18.2 Å². The highest BCUT2D eigenvalue weighted by Crippen LogP contribution is 2.13.